The van der Waals surface area contributed by atoms with Crippen LogP contribution in [0.1, 0.15) is 5.56 Å². The van der Waals surface area contributed by atoms with Crippen molar-refractivity contribution >= 4 is 0 Å². The van der Waals surface area contributed by atoms with E-state index in [4.69, 9.17) is 0 Å². The number of nitrogens with zero attached hydrogens (tertiary/aromatic N) is 3. The summed E-state index contributed by atoms with van der Waals surface area (Å²) in [5.41, 5.74) is -3.60. The minimum atomic E-state index is -1.23. The molecule has 0 aliphatic carbocycles. The summed E-state index contributed by atoms with van der Waals surface area (Å²) >= 11 is 0. The van der Waals surface area contributed by atoms with Gasteiger partial charge in [0.05, 0.1) is 11.4 Å². The maximum Gasteiger partial charge on any atom is 0.346 e. The molecule has 0 saturated heterocycles. The number of aromatic nitrogens is 3. The molecule has 148 valence electrons. The van der Waals surface area contributed by atoms with E-state index in [1.54, 1.807) is 25.1 Å². The fourth-order valence-corrected chi connectivity index (χ4v) is 3.12. The van der Waals surface area contributed by atoms with E-state index in [-0.39, 0.29) is 11.4 Å². The molecular weight excluding hydrogens is 392 g/mol. The maximum atomic E-state index is 14.5. The van der Waals surface area contributed by atoms with E-state index in [0.717, 1.165) is 12.1 Å². The van der Waals surface area contributed by atoms with E-state index in [1.165, 1.54) is 30.3 Å². The minimum Gasteiger partial charge on any atom is -0.246 e. The topological polar surface area (TPSA) is 66.0 Å². The lowest BCUT2D eigenvalue weighted by Gasteiger charge is -2.15. The van der Waals surface area contributed by atoms with Gasteiger partial charge in [-0.25, -0.2) is 36.9 Å². The molecule has 0 radical (unpaired) electrons. The lowest BCUT2D eigenvalue weighted by Crippen LogP contribution is -2.53. The standard InChI is InChI=1S/C22H13F2N3O3/c1-14-8-2-5-11-17(14)25-20(28)26(18-12-6-3-9-15(18)23)22(30)27(21(25)29)19-13-7-4-10-16(19)24/h2-6,8-12H,1H3. The predicted molar refractivity (Wildman–Crippen MR) is 106 cm³/mol. The molecule has 4 aromatic rings. The number of para-hydroxylation sites is 2. The molecule has 0 bridgehead atoms. The molecular formula is C22H13F2N3O3. The highest BCUT2D eigenvalue weighted by molar-refractivity contribution is 5.41. The number of hydrogen-bond acceptors (Lipinski definition) is 3. The summed E-state index contributed by atoms with van der Waals surface area (Å²) in [6.07, 6.45) is 0. The third-order valence-electron chi connectivity index (χ3n) is 4.55. The Bertz CT molecular complexity index is 1250. The van der Waals surface area contributed by atoms with Crippen LogP contribution in [0, 0.1) is 30.7 Å². The van der Waals surface area contributed by atoms with Gasteiger partial charge in [-0.1, -0.05) is 36.4 Å². The zero-order valence-corrected chi connectivity index (χ0v) is 15.6. The third kappa shape index (κ3) is 2.93. The molecule has 30 heavy (non-hydrogen) atoms. The molecule has 0 fully saturated rings. The Morgan fingerprint density at radius 2 is 1.27 bits per heavy atom. The molecule has 1 heterocycles. The highest BCUT2D eigenvalue weighted by Gasteiger charge is 2.22. The van der Waals surface area contributed by atoms with Gasteiger partial charge >= 0.3 is 17.1 Å². The van der Waals surface area contributed by atoms with Crippen LogP contribution in [0.3, 0.4) is 0 Å². The van der Waals surface area contributed by atoms with Gasteiger partial charge in [-0.3, -0.25) is 0 Å². The second-order valence-corrected chi connectivity index (χ2v) is 6.39. The lowest BCUT2D eigenvalue weighted by atomic mass is 10.2. The first kappa shape index (κ1) is 19.1. The van der Waals surface area contributed by atoms with Crippen molar-refractivity contribution in [2.75, 3.05) is 0 Å². The Morgan fingerprint density at radius 1 is 0.700 bits per heavy atom. The van der Waals surface area contributed by atoms with Gasteiger partial charge in [-0.2, -0.15) is 0 Å². The van der Waals surface area contributed by atoms with Crippen molar-refractivity contribution < 1.29 is 8.78 Å². The Hall–Kier alpha value is -4.25. The summed E-state index contributed by atoms with van der Waals surface area (Å²) < 4.78 is 30.5. The van der Waals surface area contributed by atoms with Crippen LogP contribution < -0.4 is 17.1 Å². The van der Waals surface area contributed by atoms with Crippen LogP contribution in [0.15, 0.2) is 75.0 Å². The first-order valence-corrected chi connectivity index (χ1v) is 8.82. The van der Waals surface area contributed by atoms with Crippen molar-refractivity contribution in [1.82, 2.24) is 13.7 Å². The summed E-state index contributed by atoms with van der Waals surface area (Å²) in [4.78, 5) is 39.6. The molecule has 0 unspecified atom stereocenters. The van der Waals surface area contributed by atoms with E-state index < -0.39 is 34.4 Å². The summed E-state index contributed by atoms with van der Waals surface area (Å²) in [5.74, 6) is -1.79. The molecule has 8 heteroatoms. The quantitative estimate of drug-likeness (QED) is 0.526. The van der Waals surface area contributed by atoms with Gasteiger partial charge < -0.3 is 0 Å². The molecule has 0 amide bonds. The van der Waals surface area contributed by atoms with E-state index in [0.29, 0.717) is 19.3 Å². The zero-order chi connectivity index (χ0) is 21.4. The Balaban J connectivity index is 2.24. The van der Waals surface area contributed by atoms with Gasteiger partial charge in [0.1, 0.15) is 11.5 Å². The fraction of sp³-hybridized carbons (Fsp3) is 0.0455. The Labute approximate surface area is 168 Å². The molecule has 4 rings (SSSR count). The van der Waals surface area contributed by atoms with Gasteiger partial charge in [-0.15, -0.1) is 0 Å². The number of halogens is 2. The van der Waals surface area contributed by atoms with Crippen LogP contribution in [0.2, 0.25) is 0 Å². The molecule has 3 aromatic carbocycles. The molecule has 0 aliphatic heterocycles. The second kappa shape index (κ2) is 7.29. The first-order chi connectivity index (χ1) is 14.4. The molecule has 0 aliphatic rings. The largest absolute Gasteiger partial charge is 0.346 e. The summed E-state index contributed by atoms with van der Waals surface area (Å²) in [7, 11) is 0. The van der Waals surface area contributed by atoms with Crippen molar-refractivity contribution in [2.45, 2.75) is 6.92 Å². The van der Waals surface area contributed by atoms with Gasteiger partial charge in [0.2, 0.25) is 0 Å². The Kier molecular flexibility index (Phi) is 4.64. The van der Waals surface area contributed by atoms with E-state index >= 15 is 0 Å². The van der Waals surface area contributed by atoms with Gasteiger partial charge in [-0.05, 0) is 48.9 Å². The van der Waals surface area contributed by atoms with Crippen LogP contribution in [0.5, 0.6) is 0 Å². The van der Waals surface area contributed by atoms with Crippen LogP contribution >= 0.6 is 0 Å². The van der Waals surface area contributed by atoms with Crippen molar-refractivity contribution in [3.8, 4) is 17.1 Å². The van der Waals surface area contributed by atoms with E-state index in [1.807, 2.05) is 0 Å². The fourth-order valence-electron chi connectivity index (χ4n) is 3.12. The summed E-state index contributed by atoms with van der Waals surface area (Å²) in [5, 5.41) is 0. The van der Waals surface area contributed by atoms with Crippen LogP contribution in [-0.2, 0) is 0 Å². The molecule has 0 spiro atoms. The normalized spacial score (nSPS) is 10.6. The highest BCUT2D eigenvalue weighted by atomic mass is 19.1. The third-order valence-corrected chi connectivity index (χ3v) is 4.55. The zero-order valence-electron chi connectivity index (χ0n) is 15.6. The van der Waals surface area contributed by atoms with Gasteiger partial charge in [0.15, 0.2) is 5.82 Å². The second-order valence-electron chi connectivity index (χ2n) is 6.39. The SMILES string of the molecule is Cc1ccccc1-n1c(=O)n(-c2c#cccc2F)c(=O)n(-c2ccccc2F)c1=O. The van der Waals surface area contributed by atoms with Gasteiger partial charge in [0, 0.05) is 0 Å². The summed E-state index contributed by atoms with van der Waals surface area (Å²) in [6.45, 7) is 1.66. The monoisotopic (exact) mass is 405 g/mol. The maximum absolute atomic E-state index is 14.5. The first-order valence-electron chi connectivity index (χ1n) is 8.82. The van der Waals surface area contributed by atoms with Crippen molar-refractivity contribution in [3.05, 3.63) is 121 Å². The number of benzene rings is 2. The molecule has 6 nitrogen and oxygen atoms in total. The number of hydrogen-bond donors (Lipinski definition) is 0. The Morgan fingerprint density at radius 3 is 1.90 bits per heavy atom. The van der Waals surface area contributed by atoms with Crippen molar-refractivity contribution in [1.29, 1.82) is 0 Å². The van der Waals surface area contributed by atoms with Crippen LogP contribution in [-0.4, -0.2) is 13.7 Å². The predicted octanol–water partition coefficient (Wildman–Crippen LogP) is 2.33. The smallest absolute Gasteiger partial charge is 0.246 e. The number of rotatable bonds is 3. The number of aryl methyl sites for hydroxylation is 1. The lowest BCUT2D eigenvalue weighted by molar-refractivity contribution is 0.576. The molecule has 1 aromatic heterocycles. The van der Waals surface area contributed by atoms with E-state index in [2.05, 4.69) is 12.1 Å². The molecule has 0 atom stereocenters. The summed E-state index contributed by atoms with van der Waals surface area (Å²) in [6, 6.07) is 18.6. The van der Waals surface area contributed by atoms with Gasteiger partial charge in [0.25, 0.3) is 0 Å². The minimum absolute atomic E-state index is 0.173. The highest BCUT2D eigenvalue weighted by Crippen LogP contribution is 2.12. The molecule has 0 saturated carbocycles. The average molecular weight is 405 g/mol. The molecule has 0 N–H and O–H groups in total. The van der Waals surface area contributed by atoms with Crippen molar-refractivity contribution in [2.24, 2.45) is 0 Å². The van der Waals surface area contributed by atoms with Crippen molar-refractivity contribution in [3.63, 3.8) is 0 Å². The average Bonchev–Trinajstić information content (AvgIpc) is 2.72. The van der Waals surface area contributed by atoms with Crippen LogP contribution in [0.25, 0.3) is 17.1 Å². The van der Waals surface area contributed by atoms with E-state index in [9.17, 15) is 23.2 Å². The van der Waals surface area contributed by atoms with Crippen LogP contribution in [0.4, 0.5) is 8.78 Å².